The maximum atomic E-state index is 6.30. The zero-order valence-electron chi connectivity index (χ0n) is 15.5. The molecule has 1 nitrogen and oxygen atoms in total. The van der Waals surface area contributed by atoms with Gasteiger partial charge in [0.15, 0.2) is 8.32 Å². The van der Waals surface area contributed by atoms with Gasteiger partial charge in [-0.25, -0.2) is 0 Å². The molecule has 0 aromatic heterocycles. The fraction of sp³-hybridized carbons (Fsp3) is 0.882. The summed E-state index contributed by atoms with van der Waals surface area (Å²) in [5, 5.41) is 0.302. The molecular weight excluding hydrogens is 276 g/mol. The molecule has 0 aliphatic carbocycles. The fourth-order valence-corrected chi connectivity index (χ4v) is 3.45. The van der Waals surface area contributed by atoms with Crippen LogP contribution in [-0.2, 0) is 4.43 Å². The number of hydrogen-bond acceptors (Lipinski definition) is 1. The van der Waals surface area contributed by atoms with Gasteiger partial charge in [-0.1, -0.05) is 54.3 Å². The van der Waals surface area contributed by atoms with Gasteiger partial charge in [0.2, 0.25) is 0 Å². The first kappa shape index (κ1) is 20.0. The summed E-state index contributed by atoms with van der Waals surface area (Å²) in [4.78, 5) is 0. The fourth-order valence-electron chi connectivity index (χ4n) is 1.64. The first-order valence-corrected chi connectivity index (χ1v) is 14.3. The van der Waals surface area contributed by atoms with Gasteiger partial charge in [0.05, 0.1) is 0 Å². The van der Waals surface area contributed by atoms with Gasteiger partial charge >= 0.3 is 0 Å². The second-order valence-electron chi connectivity index (χ2n) is 8.83. The van der Waals surface area contributed by atoms with Crippen LogP contribution in [0.1, 0.15) is 41.0 Å². The van der Waals surface area contributed by atoms with Crippen molar-refractivity contribution < 1.29 is 4.43 Å². The third-order valence-corrected chi connectivity index (χ3v) is 9.38. The van der Waals surface area contributed by atoms with Crippen LogP contribution in [0.25, 0.3) is 0 Å². The maximum Gasteiger partial charge on any atom is 0.191 e. The van der Waals surface area contributed by atoms with Gasteiger partial charge < -0.3 is 4.43 Å². The molecular formula is C17H36OSi2. The molecule has 0 aliphatic rings. The Balaban J connectivity index is 4.31. The molecule has 0 radical (unpaired) electrons. The maximum absolute atomic E-state index is 6.30. The van der Waals surface area contributed by atoms with Crippen LogP contribution in [0.3, 0.4) is 0 Å². The van der Waals surface area contributed by atoms with E-state index in [1.165, 1.54) is 0 Å². The minimum atomic E-state index is -1.60. The minimum absolute atomic E-state index is 0.302. The molecule has 0 N–H and O–H groups in total. The zero-order valence-corrected chi connectivity index (χ0v) is 17.5. The lowest BCUT2D eigenvalue weighted by molar-refractivity contribution is 0.224. The molecule has 20 heavy (non-hydrogen) atoms. The van der Waals surface area contributed by atoms with Gasteiger partial charge in [0.1, 0.15) is 8.07 Å². The largest absolute Gasteiger partial charge is 0.417 e. The molecule has 0 amide bonds. The van der Waals surface area contributed by atoms with E-state index in [1.807, 2.05) is 0 Å². The summed E-state index contributed by atoms with van der Waals surface area (Å²) in [6.45, 7) is 23.9. The third-order valence-electron chi connectivity index (χ3n) is 3.98. The monoisotopic (exact) mass is 312 g/mol. The Morgan fingerprint density at radius 1 is 1.00 bits per heavy atom. The van der Waals surface area contributed by atoms with Gasteiger partial charge in [-0.15, -0.1) is 11.5 Å². The standard InChI is InChI=1S/C17H36OSi2/c1-15(11-12-19(6,7)8)13-16(2)14-18-20(9,10)17(3,4)5/h15-16H,13-14H2,1-10H3/t15-,16+/m1/s1. The molecule has 0 aromatic rings. The summed E-state index contributed by atoms with van der Waals surface area (Å²) in [7, 11) is -2.83. The summed E-state index contributed by atoms with van der Waals surface area (Å²) >= 11 is 0. The van der Waals surface area contributed by atoms with E-state index in [2.05, 4.69) is 78.8 Å². The van der Waals surface area contributed by atoms with Crippen molar-refractivity contribution in [1.82, 2.24) is 0 Å². The average Bonchev–Trinajstić information content (AvgIpc) is 2.21. The van der Waals surface area contributed by atoms with Crippen LogP contribution in [0.15, 0.2) is 0 Å². The number of rotatable bonds is 5. The van der Waals surface area contributed by atoms with Crippen LogP contribution >= 0.6 is 0 Å². The lowest BCUT2D eigenvalue weighted by Crippen LogP contribution is -2.41. The molecule has 0 heterocycles. The quantitative estimate of drug-likeness (QED) is 0.477. The Hall–Kier alpha value is -0.0462. The van der Waals surface area contributed by atoms with E-state index in [0.717, 1.165) is 13.0 Å². The first-order chi connectivity index (χ1) is 8.74. The van der Waals surface area contributed by atoms with Crippen LogP contribution in [-0.4, -0.2) is 23.0 Å². The van der Waals surface area contributed by atoms with Crippen molar-refractivity contribution in [3.63, 3.8) is 0 Å². The molecule has 0 spiro atoms. The summed E-state index contributed by atoms with van der Waals surface area (Å²) in [6.07, 6.45) is 1.14. The van der Waals surface area contributed by atoms with Gasteiger partial charge in [-0.2, -0.15) is 0 Å². The van der Waals surface area contributed by atoms with Crippen molar-refractivity contribution >= 4 is 16.4 Å². The predicted molar refractivity (Wildman–Crippen MR) is 97.2 cm³/mol. The van der Waals surface area contributed by atoms with E-state index in [9.17, 15) is 0 Å². The Morgan fingerprint density at radius 3 is 1.90 bits per heavy atom. The van der Waals surface area contributed by atoms with Crippen LogP contribution in [0.2, 0.25) is 37.8 Å². The smallest absolute Gasteiger partial charge is 0.191 e. The minimum Gasteiger partial charge on any atom is -0.417 e. The molecule has 0 saturated carbocycles. The Morgan fingerprint density at radius 2 is 1.50 bits per heavy atom. The normalized spacial score (nSPS) is 16.3. The molecule has 0 unspecified atom stereocenters. The molecule has 0 rings (SSSR count). The topological polar surface area (TPSA) is 9.23 Å². The van der Waals surface area contributed by atoms with Crippen LogP contribution in [0.5, 0.6) is 0 Å². The highest BCUT2D eigenvalue weighted by atomic mass is 28.4. The number of hydrogen-bond donors (Lipinski definition) is 0. The van der Waals surface area contributed by atoms with E-state index in [1.54, 1.807) is 0 Å². The lowest BCUT2D eigenvalue weighted by Gasteiger charge is -2.37. The first-order valence-electron chi connectivity index (χ1n) is 7.91. The SMILES string of the molecule is C[C@H](CO[Si](C)(C)C(C)(C)C)C[C@H](C)C#C[Si](C)(C)C. The van der Waals surface area contributed by atoms with E-state index in [0.29, 0.717) is 16.9 Å². The van der Waals surface area contributed by atoms with E-state index in [4.69, 9.17) is 4.43 Å². The highest BCUT2D eigenvalue weighted by Crippen LogP contribution is 2.36. The van der Waals surface area contributed by atoms with Crippen molar-refractivity contribution in [3.8, 4) is 11.5 Å². The summed E-state index contributed by atoms with van der Waals surface area (Å²) < 4.78 is 6.30. The zero-order chi connectivity index (χ0) is 16.2. The summed E-state index contributed by atoms with van der Waals surface area (Å²) in [6, 6.07) is 0. The highest BCUT2D eigenvalue weighted by Gasteiger charge is 2.37. The van der Waals surface area contributed by atoms with Gasteiger partial charge in [0.25, 0.3) is 0 Å². The van der Waals surface area contributed by atoms with E-state index < -0.39 is 16.4 Å². The second-order valence-corrected chi connectivity index (χ2v) is 18.4. The molecule has 0 fully saturated rings. The van der Waals surface area contributed by atoms with Crippen LogP contribution < -0.4 is 0 Å². The van der Waals surface area contributed by atoms with Crippen LogP contribution in [0.4, 0.5) is 0 Å². The molecule has 0 saturated heterocycles. The predicted octanol–water partition coefficient (Wildman–Crippen LogP) is 5.55. The van der Waals surface area contributed by atoms with Gasteiger partial charge in [0, 0.05) is 12.5 Å². The van der Waals surface area contributed by atoms with Gasteiger partial charge in [-0.3, -0.25) is 0 Å². The van der Waals surface area contributed by atoms with Gasteiger partial charge in [-0.05, 0) is 30.5 Å². The average molecular weight is 313 g/mol. The van der Waals surface area contributed by atoms with Crippen molar-refractivity contribution in [1.29, 1.82) is 0 Å². The Labute approximate surface area is 130 Å². The van der Waals surface area contributed by atoms with Crippen molar-refractivity contribution in [3.05, 3.63) is 0 Å². The van der Waals surface area contributed by atoms with E-state index >= 15 is 0 Å². The highest BCUT2D eigenvalue weighted by molar-refractivity contribution is 6.83. The summed E-state index contributed by atoms with van der Waals surface area (Å²) in [5.41, 5.74) is 3.48. The molecule has 0 aromatic carbocycles. The van der Waals surface area contributed by atoms with Crippen molar-refractivity contribution in [2.24, 2.45) is 11.8 Å². The molecule has 3 heteroatoms. The lowest BCUT2D eigenvalue weighted by atomic mass is 9.99. The van der Waals surface area contributed by atoms with E-state index in [-0.39, 0.29) is 0 Å². The molecule has 0 bridgehead atoms. The van der Waals surface area contributed by atoms with Crippen molar-refractivity contribution in [2.75, 3.05) is 6.61 Å². The van der Waals surface area contributed by atoms with Crippen molar-refractivity contribution in [2.45, 2.75) is 78.8 Å². The Kier molecular flexibility index (Phi) is 7.27. The molecule has 2 atom stereocenters. The molecule has 0 aliphatic heterocycles. The summed E-state index contributed by atoms with van der Waals surface area (Å²) in [5.74, 6) is 4.53. The van der Waals surface area contributed by atoms with Crippen LogP contribution in [0, 0.1) is 23.3 Å². The third kappa shape index (κ3) is 8.29. The Bertz CT molecular complexity index is 350. The second kappa shape index (κ2) is 7.29. The molecule has 118 valence electrons.